The lowest BCUT2D eigenvalue weighted by Gasteiger charge is -2.24. The van der Waals surface area contributed by atoms with E-state index in [1.54, 1.807) is 32.9 Å². The largest absolute Gasteiger partial charge is 0.378 e. The summed E-state index contributed by atoms with van der Waals surface area (Å²) in [7, 11) is 0. The van der Waals surface area contributed by atoms with E-state index in [-0.39, 0.29) is 11.7 Å². The standard InChI is InChI=1S/C12H16O2/c1-9(2)11(13)12(3,14)10-7-5-4-6-8-10/h4-9,14H,1-3H3/t12-/m1/s1. The summed E-state index contributed by atoms with van der Waals surface area (Å²) in [4.78, 5) is 11.7. The first-order valence-electron chi connectivity index (χ1n) is 4.78. The number of Topliss-reactive ketones (excluding diaryl/α,β-unsaturated/α-hetero) is 1. The zero-order chi connectivity index (χ0) is 10.8. The smallest absolute Gasteiger partial charge is 0.171 e. The van der Waals surface area contributed by atoms with Gasteiger partial charge in [0.2, 0.25) is 0 Å². The summed E-state index contributed by atoms with van der Waals surface area (Å²) < 4.78 is 0. The van der Waals surface area contributed by atoms with E-state index in [0.29, 0.717) is 5.56 Å². The van der Waals surface area contributed by atoms with Gasteiger partial charge in [0.1, 0.15) is 5.60 Å². The van der Waals surface area contributed by atoms with Gasteiger partial charge in [-0.3, -0.25) is 4.79 Å². The van der Waals surface area contributed by atoms with Gasteiger partial charge in [-0.2, -0.15) is 0 Å². The van der Waals surface area contributed by atoms with Crippen LogP contribution < -0.4 is 0 Å². The first kappa shape index (κ1) is 10.9. The van der Waals surface area contributed by atoms with E-state index >= 15 is 0 Å². The van der Waals surface area contributed by atoms with Crippen molar-refractivity contribution in [3.63, 3.8) is 0 Å². The number of rotatable bonds is 3. The van der Waals surface area contributed by atoms with Crippen molar-refractivity contribution in [2.75, 3.05) is 0 Å². The highest BCUT2D eigenvalue weighted by molar-refractivity contribution is 5.89. The molecule has 0 heterocycles. The predicted octanol–water partition coefficient (Wildman–Crippen LogP) is 2.12. The number of hydrogen-bond acceptors (Lipinski definition) is 2. The molecule has 1 rings (SSSR count). The SMILES string of the molecule is CC(C)C(=O)[C@](C)(O)c1ccccc1. The van der Waals surface area contributed by atoms with Gasteiger partial charge in [0.05, 0.1) is 0 Å². The molecule has 0 spiro atoms. The fourth-order valence-electron chi connectivity index (χ4n) is 1.47. The molecule has 0 amide bonds. The Kier molecular flexibility index (Phi) is 3.06. The third-order valence-corrected chi connectivity index (χ3v) is 2.34. The summed E-state index contributed by atoms with van der Waals surface area (Å²) in [5.41, 5.74) is -0.714. The Labute approximate surface area is 84.6 Å². The molecule has 0 aromatic heterocycles. The lowest BCUT2D eigenvalue weighted by molar-refractivity contribution is -0.139. The zero-order valence-electron chi connectivity index (χ0n) is 8.82. The van der Waals surface area contributed by atoms with Crippen LogP contribution in [0.1, 0.15) is 26.3 Å². The lowest BCUT2D eigenvalue weighted by Crippen LogP contribution is -2.35. The molecule has 0 bridgehead atoms. The number of hydrogen-bond donors (Lipinski definition) is 1. The molecule has 1 aromatic rings. The molecule has 14 heavy (non-hydrogen) atoms. The van der Waals surface area contributed by atoms with E-state index < -0.39 is 5.60 Å². The average Bonchev–Trinajstić information content (AvgIpc) is 2.18. The van der Waals surface area contributed by atoms with Crippen molar-refractivity contribution in [1.82, 2.24) is 0 Å². The molecule has 1 N–H and O–H groups in total. The Morgan fingerprint density at radius 2 is 1.79 bits per heavy atom. The van der Waals surface area contributed by atoms with Crippen LogP contribution in [0.4, 0.5) is 0 Å². The van der Waals surface area contributed by atoms with Gasteiger partial charge in [-0.25, -0.2) is 0 Å². The zero-order valence-corrected chi connectivity index (χ0v) is 8.82. The van der Waals surface area contributed by atoms with Crippen molar-refractivity contribution in [1.29, 1.82) is 0 Å². The first-order valence-corrected chi connectivity index (χ1v) is 4.78. The van der Waals surface area contributed by atoms with Crippen molar-refractivity contribution in [3.05, 3.63) is 35.9 Å². The van der Waals surface area contributed by atoms with E-state index in [9.17, 15) is 9.90 Å². The minimum atomic E-state index is -1.37. The van der Waals surface area contributed by atoms with Crippen molar-refractivity contribution in [2.45, 2.75) is 26.4 Å². The second-order valence-corrected chi connectivity index (χ2v) is 3.96. The van der Waals surface area contributed by atoms with E-state index in [4.69, 9.17) is 0 Å². The number of carbonyl (C=O) groups is 1. The second-order valence-electron chi connectivity index (χ2n) is 3.96. The first-order chi connectivity index (χ1) is 6.46. The molecule has 1 aromatic carbocycles. The van der Waals surface area contributed by atoms with Gasteiger partial charge in [-0.15, -0.1) is 0 Å². The average molecular weight is 192 g/mol. The monoisotopic (exact) mass is 192 g/mol. The molecule has 76 valence electrons. The lowest BCUT2D eigenvalue weighted by atomic mass is 9.86. The normalized spacial score (nSPS) is 15.2. The van der Waals surface area contributed by atoms with Crippen molar-refractivity contribution in [3.8, 4) is 0 Å². The van der Waals surface area contributed by atoms with Crippen LogP contribution in [0.5, 0.6) is 0 Å². The Balaban J connectivity index is 3.02. The highest BCUT2D eigenvalue weighted by Crippen LogP contribution is 2.24. The fraction of sp³-hybridized carbons (Fsp3) is 0.417. The molecule has 0 unspecified atom stereocenters. The molecule has 0 aliphatic heterocycles. The molecule has 0 radical (unpaired) electrons. The number of carbonyl (C=O) groups excluding carboxylic acids is 1. The van der Waals surface area contributed by atoms with E-state index in [2.05, 4.69) is 0 Å². The van der Waals surface area contributed by atoms with Crippen LogP contribution in [0, 0.1) is 5.92 Å². The van der Waals surface area contributed by atoms with E-state index in [1.807, 2.05) is 18.2 Å². The summed E-state index contributed by atoms with van der Waals surface area (Å²) >= 11 is 0. The molecule has 0 aliphatic carbocycles. The van der Waals surface area contributed by atoms with Gasteiger partial charge >= 0.3 is 0 Å². The summed E-state index contributed by atoms with van der Waals surface area (Å²) in [6, 6.07) is 9.02. The van der Waals surface area contributed by atoms with Crippen LogP contribution in [0.25, 0.3) is 0 Å². The maximum Gasteiger partial charge on any atom is 0.171 e. The Morgan fingerprint density at radius 1 is 1.29 bits per heavy atom. The minimum Gasteiger partial charge on any atom is -0.378 e. The summed E-state index contributed by atoms with van der Waals surface area (Å²) in [5.74, 6) is -0.311. The van der Waals surface area contributed by atoms with Gasteiger partial charge < -0.3 is 5.11 Å². The molecule has 0 fully saturated rings. The predicted molar refractivity (Wildman–Crippen MR) is 55.9 cm³/mol. The molecule has 0 aliphatic rings. The van der Waals surface area contributed by atoms with Gasteiger partial charge in [-0.05, 0) is 12.5 Å². The Bertz CT molecular complexity index is 312. The van der Waals surface area contributed by atoms with Gasteiger partial charge in [0, 0.05) is 5.92 Å². The van der Waals surface area contributed by atoms with Crippen molar-refractivity contribution in [2.24, 2.45) is 5.92 Å². The fourth-order valence-corrected chi connectivity index (χ4v) is 1.47. The topological polar surface area (TPSA) is 37.3 Å². The number of ketones is 1. The minimum absolute atomic E-state index is 0.149. The Hall–Kier alpha value is -1.15. The summed E-state index contributed by atoms with van der Waals surface area (Å²) in [6.07, 6.45) is 0. The van der Waals surface area contributed by atoms with Crippen LogP contribution >= 0.6 is 0 Å². The highest BCUT2D eigenvalue weighted by Gasteiger charge is 2.33. The van der Waals surface area contributed by atoms with Gasteiger partial charge in [-0.1, -0.05) is 44.2 Å². The van der Waals surface area contributed by atoms with Crippen LogP contribution in [0.15, 0.2) is 30.3 Å². The molecule has 1 atom stereocenters. The van der Waals surface area contributed by atoms with Gasteiger partial charge in [0.25, 0.3) is 0 Å². The molecule has 2 nitrogen and oxygen atoms in total. The second kappa shape index (κ2) is 3.93. The number of benzene rings is 1. The molecule has 0 saturated heterocycles. The molecule has 2 heteroatoms. The third kappa shape index (κ3) is 2.02. The summed E-state index contributed by atoms with van der Waals surface area (Å²) in [5, 5.41) is 10.1. The number of aliphatic hydroxyl groups is 1. The van der Waals surface area contributed by atoms with Gasteiger partial charge in [0.15, 0.2) is 5.78 Å². The highest BCUT2D eigenvalue weighted by atomic mass is 16.3. The van der Waals surface area contributed by atoms with Crippen molar-refractivity contribution < 1.29 is 9.90 Å². The Morgan fingerprint density at radius 3 is 2.21 bits per heavy atom. The molecular formula is C12H16O2. The summed E-state index contributed by atoms with van der Waals surface area (Å²) in [6.45, 7) is 5.13. The maximum absolute atomic E-state index is 11.7. The van der Waals surface area contributed by atoms with Crippen LogP contribution in [-0.2, 0) is 10.4 Å². The maximum atomic E-state index is 11.7. The van der Waals surface area contributed by atoms with E-state index in [0.717, 1.165) is 0 Å². The van der Waals surface area contributed by atoms with Crippen LogP contribution in [-0.4, -0.2) is 10.9 Å². The van der Waals surface area contributed by atoms with Crippen molar-refractivity contribution >= 4 is 5.78 Å². The quantitative estimate of drug-likeness (QED) is 0.796. The van der Waals surface area contributed by atoms with Crippen LogP contribution in [0.3, 0.4) is 0 Å². The van der Waals surface area contributed by atoms with E-state index in [1.165, 1.54) is 0 Å². The third-order valence-electron chi connectivity index (χ3n) is 2.34. The molecular weight excluding hydrogens is 176 g/mol. The van der Waals surface area contributed by atoms with Crippen LogP contribution in [0.2, 0.25) is 0 Å². The molecule has 0 saturated carbocycles.